The summed E-state index contributed by atoms with van der Waals surface area (Å²) in [7, 11) is 0. The molecule has 2 aliphatic rings. The topological polar surface area (TPSA) is 72.7 Å². The Morgan fingerprint density at radius 2 is 1.92 bits per heavy atom. The van der Waals surface area contributed by atoms with Crippen molar-refractivity contribution in [2.45, 2.75) is 25.0 Å². The Morgan fingerprint density at radius 3 is 2.64 bits per heavy atom. The number of nitrogens with one attached hydrogen (secondary N) is 1. The number of ether oxygens (including phenoxy) is 2. The lowest BCUT2D eigenvalue weighted by molar-refractivity contribution is -0.0755. The number of pyridine rings is 1. The molecule has 0 atom stereocenters. The van der Waals surface area contributed by atoms with E-state index in [4.69, 9.17) is 14.0 Å². The van der Waals surface area contributed by atoms with Crippen LogP contribution in [0, 0.1) is 0 Å². The molecule has 0 amide bonds. The van der Waals surface area contributed by atoms with Crippen LogP contribution in [0.4, 0.5) is 0 Å². The fraction of sp³-hybridized carbons (Fsp3) is 0.556. The molecule has 0 spiro atoms. The van der Waals surface area contributed by atoms with Crippen LogP contribution in [0.5, 0.6) is 0 Å². The van der Waals surface area contributed by atoms with E-state index in [1.165, 1.54) is 5.56 Å². The second-order valence-electron chi connectivity index (χ2n) is 6.83. The van der Waals surface area contributed by atoms with Crippen molar-refractivity contribution < 1.29 is 14.0 Å². The quantitative estimate of drug-likeness (QED) is 0.803. The summed E-state index contributed by atoms with van der Waals surface area (Å²) in [6.45, 7) is 6.46. The summed E-state index contributed by atoms with van der Waals surface area (Å²) in [4.78, 5) is 6.39. The first-order valence-corrected chi connectivity index (χ1v) is 8.78. The largest absolute Gasteiger partial charge is 0.379 e. The SMILES string of the molecule is c1cc(CNC2(Cc3cc(CN4CCOCC4)on3)COC2)ccn1. The standard InChI is InChI=1S/C18H24N4O3/c1-3-19-4-2-15(1)11-20-18(13-24-14-18)10-16-9-17(25-21-16)12-22-5-7-23-8-6-22/h1-4,9,20H,5-8,10-14H2. The molecule has 0 radical (unpaired) electrons. The minimum Gasteiger partial charge on any atom is -0.379 e. The highest BCUT2D eigenvalue weighted by molar-refractivity contribution is 5.14. The maximum Gasteiger partial charge on any atom is 0.150 e. The van der Waals surface area contributed by atoms with E-state index < -0.39 is 0 Å². The Labute approximate surface area is 147 Å². The second-order valence-corrected chi connectivity index (χ2v) is 6.83. The first-order valence-electron chi connectivity index (χ1n) is 8.78. The fourth-order valence-corrected chi connectivity index (χ4v) is 3.25. The van der Waals surface area contributed by atoms with Gasteiger partial charge in [0.1, 0.15) is 0 Å². The monoisotopic (exact) mass is 344 g/mol. The van der Waals surface area contributed by atoms with Crippen LogP contribution in [0.3, 0.4) is 0 Å². The number of nitrogens with zero attached hydrogens (tertiary/aromatic N) is 3. The molecule has 0 unspecified atom stereocenters. The zero-order chi connectivity index (χ0) is 17.0. The molecule has 2 aromatic heterocycles. The van der Waals surface area contributed by atoms with Crippen LogP contribution in [0.2, 0.25) is 0 Å². The molecule has 4 rings (SSSR count). The number of morpholine rings is 1. The predicted molar refractivity (Wildman–Crippen MR) is 90.9 cm³/mol. The molecule has 1 N–H and O–H groups in total. The van der Waals surface area contributed by atoms with E-state index in [1.54, 1.807) is 0 Å². The van der Waals surface area contributed by atoms with Gasteiger partial charge in [-0.15, -0.1) is 0 Å². The third-order valence-electron chi connectivity index (χ3n) is 4.78. The lowest BCUT2D eigenvalue weighted by Crippen LogP contribution is -2.61. The molecule has 0 bridgehead atoms. The normalized spacial score (nSPS) is 20.3. The molecular formula is C18H24N4O3. The maximum atomic E-state index is 5.54. The van der Waals surface area contributed by atoms with Gasteiger partial charge in [0.25, 0.3) is 0 Å². The van der Waals surface area contributed by atoms with E-state index in [-0.39, 0.29) is 5.54 Å². The average molecular weight is 344 g/mol. The predicted octanol–water partition coefficient (Wildman–Crippen LogP) is 1.00. The van der Waals surface area contributed by atoms with Gasteiger partial charge in [-0.05, 0) is 17.7 Å². The molecule has 0 aromatic carbocycles. The van der Waals surface area contributed by atoms with Crippen molar-refractivity contribution in [1.29, 1.82) is 0 Å². The first-order chi connectivity index (χ1) is 12.3. The summed E-state index contributed by atoms with van der Waals surface area (Å²) in [5, 5.41) is 7.89. The lowest BCUT2D eigenvalue weighted by Gasteiger charge is -2.42. The van der Waals surface area contributed by atoms with Crippen molar-refractivity contribution in [3.8, 4) is 0 Å². The third-order valence-corrected chi connectivity index (χ3v) is 4.78. The van der Waals surface area contributed by atoms with Gasteiger partial charge in [-0.1, -0.05) is 5.16 Å². The number of hydrogen-bond donors (Lipinski definition) is 1. The summed E-state index contributed by atoms with van der Waals surface area (Å²) in [6.07, 6.45) is 4.44. The fourth-order valence-electron chi connectivity index (χ4n) is 3.25. The summed E-state index contributed by atoms with van der Waals surface area (Å²) in [6, 6.07) is 6.12. The molecule has 0 saturated carbocycles. The highest BCUT2D eigenvalue weighted by atomic mass is 16.5. The van der Waals surface area contributed by atoms with Gasteiger partial charge in [-0.25, -0.2) is 0 Å². The van der Waals surface area contributed by atoms with Crippen LogP contribution in [0.15, 0.2) is 35.1 Å². The number of rotatable bonds is 7. The Balaban J connectivity index is 1.33. The van der Waals surface area contributed by atoms with Crippen LogP contribution >= 0.6 is 0 Å². The van der Waals surface area contributed by atoms with E-state index in [0.29, 0.717) is 13.2 Å². The minimum absolute atomic E-state index is 0.0591. The first kappa shape index (κ1) is 16.7. The summed E-state index contributed by atoms with van der Waals surface area (Å²) in [5.41, 5.74) is 2.14. The maximum absolute atomic E-state index is 5.54. The van der Waals surface area contributed by atoms with Crippen molar-refractivity contribution in [2.24, 2.45) is 0 Å². The summed E-state index contributed by atoms with van der Waals surface area (Å²) in [5.74, 6) is 0.918. The zero-order valence-corrected chi connectivity index (χ0v) is 14.3. The Bertz CT molecular complexity index is 666. The van der Waals surface area contributed by atoms with E-state index in [1.807, 2.05) is 24.5 Å². The van der Waals surface area contributed by atoms with Gasteiger partial charge in [-0.2, -0.15) is 0 Å². The van der Waals surface area contributed by atoms with Gasteiger partial charge in [-0.3, -0.25) is 9.88 Å². The van der Waals surface area contributed by atoms with Crippen LogP contribution in [-0.2, 0) is 29.0 Å². The minimum atomic E-state index is -0.0591. The van der Waals surface area contributed by atoms with Crippen molar-refractivity contribution in [3.05, 3.63) is 47.6 Å². The van der Waals surface area contributed by atoms with Crippen molar-refractivity contribution in [2.75, 3.05) is 39.5 Å². The molecule has 0 aliphatic carbocycles. The van der Waals surface area contributed by atoms with Gasteiger partial charge < -0.3 is 19.3 Å². The Hall–Kier alpha value is -1.80. The Morgan fingerprint density at radius 1 is 1.12 bits per heavy atom. The Kier molecular flexibility index (Phi) is 5.07. The van der Waals surface area contributed by atoms with Crippen LogP contribution in [0.25, 0.3) is 0 Å². The smallest absolute Gasteiger partial charge is 0.150 e. The molecule has 7 heteroatoms. The van der Waals surface area contributed by atoms with Crippen LogP contribution in [0.1, 0.15) is 17.0 Å². The van der Waals surface area contributed by atoms with Gasteiger partial charge in [0, 0.05) is 44.5 Å². The molecule has 2 aliphatic heterocycles. The van der Waals surface area contributed by atoms with E-state index in [2.05, 4.69) is 26.4 Å². The molecule has 4 heterocycles. The number of hydrogen-bond acceptors (Lipinski definition) is 7. The van der Waals surface area contributed by atoms with E-state index >= 15 is 0 Å². The van der Waals surface area contributed by atoms with Crippen molar-refractivity contribution >= 4 is 0 Å². The molecule has 2 fully saturated rings. The zero-order valence-electron chi connectivity index (χ0n) is 14.3. The molecule has 2 saturated heterocycles. The molecule has 25 heavy (non-hydrogen) atoms. The molecule has 134 valence electrons. The van der Waals surface area contributed by atoms with Crippen molar-refractivity contribution in [3.63, 3.8) is 0 Å². The van der Waals surface area contributed by atoms with E-state index in [9.17, 15) is 0 Å². The van der Waals surface area contributed by atoms with E-state index in [0.717, 1.165) is 57.3 Å². The average Bonchev–Trinajstić information content (AvgIpc) is 3.06. The van der Waals surface area contributed by atoms with Gasteiger partial charge in [0.15, 0.2) is 5.76 Å². The molecular weight excluding hydrogens is 320 g/mol. The van der Waals surface area contributed by atoms with Crippen molar-refractivity contribution in [1.82, 2.24) is 20.4 Å². The lowest BCUT2D eigenvalue weighted by atomic mass is 9.91. The summed E-state index contributed by atoms with van der Waals surface area (Å²) >= 11 is 0. The van der Waals surface area contributed by atoms with Gasteiger partial charge in [0.2, 0.25) is 0 Å². The molecule has 2 aromatic rings. The molecule has 7 nitrogen and oxygen atoms in total. The number of aromatic nitrogens is 2. The van der Waals surface area contributed by atoms with Gasteiger partial charge in [0.05, 0.1) is 44.2 Å². The highest BCUT2D eigenvalue weighted by Crippen LogP contribution is 2.23. The summed E-state index contributed by atoms with van der Waals surface area (Å²) < 4.78 is 16.4. The van der Waals surface area contributed by atoms with Crippen LogP contribution in [-0.4, -0.2) is 60.1 Å². The second kappa shape index (κ2) is 7.61. The van der Waals surface area contributed by atoms with Gasteiger partial charge >= 0.3 is 0 Å². The highest BCUT2D eigenvalue weighted by Gasteiger charge is 2.39. The van der Waals surface area contributed by atoms with Crippen LogP contribution < -0.4 is 5.32 Å². The third kappa shape index (κ3) is 4.24.